The standard InChI is InChI=1S/C24H24N2O/c1-18-21(16-19-10-4-2-5-11-19)24(27)26(17-20-12-6-3-7-13-20)23-15-9-8-14-22(23)25-18/h2-15,18,21,25H,16-17H2,1H3. The number of nitrogens with zero attached hydrogens (tertiary/aromatic N) is 1. The monoisotopic (exact) mass is 356 g/mol. The first-order valence-electron chi connectivity index (χ1n) is 9.47. The molecular weight excluding hydrogens is 332 g/mol. The summed E-state index contributed by atoms with van der Waals surface area (Å²) >= 11 is 0. The van der Waals surface area contributed by atoms with Crippen molar-refractivity contribution >= 4 is 17.3 Å². The molecule has 3 aromatic rings. The molecule has 2 unspecified atom stereocenters. The number of carbonyl (C=O) groups is 1. The van der Waals surface area contributed by atoms with Crippen molar-refractivity contribution < 1.29 is 4.79 Å². The molecule has 3 nitrogen and oxygen atoms in total. The van der Waals surface area contributed by atoms with Gasteiger partial charge >= 0.3 is 0 Å². The van der Waals surface area contributed by atoms with E-state index in [1.165, 1.54) is 5.56 Å². The Balaban J connectivity index is 1.70. The molecule has 1 N–H and O–H groups in total. The van der Waals surface area contributed by atoms with Crippen molar-refractivity contribution in [2.75, 3.05) is 10.2 Å². The summed E-state index contributed by atoms with van der Waals surface area (Å²) in [6.07, 6.45) is 0.729. The van der Waals surface area contributed by atoms with E-state index >= 15 is 0 Å². The van der Waals surface area contributed by atoms with Gasteiger partial charge in [-0.1, -0.05) is 72.8 Å². The van der Waals surface area contributed by atoms with E-state index in [1.54, 1.807) is 0 Å². The average molecular weight is 356 g/mol. The van der Waals surface area contributed by atoms with Gasteiger partial charge in [-0.15, -0.1) is 0 Å². The number of benzene rings is 3. The van der Waals surface area contributed by atoms with Gasteiger partial charge in [0, 0.05) is 6.04 Å². The predicted octanol–water partition coefficient (Wildman–Crippen LogP) is 4.89. The van der Waals surface area contributed by atoms with E-state index in [1.807, 2.05) is 59.5 Å². The number of para-hydroxylation sites is 2. The minimum absolute atomic E-state index is 0.0552. The molecule has 2 atom stereocenters. The smallest absolute Gasteiger partial charge is 0.232 e. The fourth-order valence-corrected chi connectivity index (χ4v) is 3.77. The second kappa shape index (κ2) is 7.67. The number of nitrogens with one attached hydrogen (secondary N) is 1. The highest BCUT2D eigenvalue weighted by Gasteiger charge is 2.34. The summed E-state index contributed by atoms with van der Waals surface area (Å²) in [6, 6.07) is 28.6. The number of hydrogen-bond donors (Lipinski definition) is 1. The molecular formula is C24H24N2O. The normalized spacial score (nSPS) is 19.1. The highest BCUT2D eigenvalue weighted by atomic mass is 16.2. The molecule has 0 saturated carbocycles. The first kappa shape index (κ1) is 17.3. The molecule has 3 aromatic carbocycles. The Morgan fingerprint density at radius 1 is 0.815 bits per heavy atom. The maximum absolute atomic E-state index is 13.6. The van der Waals surface area contributed by atoms with Gasteiger partial charge in [-0.25, -0.2) is 0 Å². The molecule has 136 valence electrons. The van der Waals surface area contributed by atoms with Crippen molar-refractivity contribution in [2.24, 2.45) is 5.92 Å². The molecule has 27 heavy (non-hydrogen) atoms. The molecule has 0 radical (unpaired) electrons. The van der Waals surface area contributed by atoms with Crippen molar-refractivity contribution in [1.29, 1.82) is 0 Å². The van der Waals surface area contributed by atoms with Crippen LogP contribution in [0.3, 0.4) is 0 Å². The lowest BCUT2D eigenvalue weighted by molar-refractivity contribution is -0.122. The average Bonchev–Trinajstić information content (AvgIpc) is 2.80. The molecule has 0 saturated heterocycles. The van der Waals surface area contributed by atoms with Gasteiger partial charge in [-0.05, 0) is 36.6 Å². The number of rotatable bonds is 4. The molecule has 0 spiro atoms. The third-order valence-electron chi connectivity index (χ3n) is 5.25. The summed E-state index contributed by atoms with van der Waals surface area (Å²) in [4.78, 5) is 15.6. The Labute approximate surface area is 160 Å². The molecule has 0 aliphatic carbocycles. The van der Waals surface area contributed by atoms with E-state index < -0.39 is 0 Å². The van der Waals surface area contributed by atoms with Crippen LogP contribution in [0, 0.1) is 5.92 Å². The Hall–Kier alpha value is -3.07. The SMILES string of the molecule is CC1Nc2ccccc2N(Cc2ccccc2)C(=O)C1Cc1ccccc1. The molecule has 0 bridgehead atoms. The third-order valence-corrected chi connectivity index (χ3v) is 5.25. The molecule has 1 amide bonds. The molecule has 0 aromatic heterocycles. The molecule has 4 rings (SSSR count). The summed E-state index contributed by atoms with van der Waals surface area (Å²) in [5.41, 5.74) is 4.29. The second-order valence-electron chi connectivity index (χ2n) is 7.16. The maximum Gasteiger partial charge on any atom is 0.232 e. The van der Waals surface area contributed by atoms with Gasteiger partial charge in [0.2, 0.25) is 5.91 Å². The zero-order chi connectivity index (χ0) is 18.6. The van der Waals surface area contributed by atoms with Crippen LogP contribution in [0.1, 0.15) is 18.1 Å². The van der Waals surface area contributed by atoms with Gasteiger partial charge in [0.1, 0.15) is 0 Å². The molecule has 0 fully saturated rings. The summed E-state index contributed by atoms with van der Waals surface area (Å²) < 4.78 is 0. The van der Waals surface area contributed by atoms with Gasteiger partial charge in [0.25, 0.3) is 0 Å². The van der Waals surface area contributed by atoms with E-state index in [9.17, 15) is 4.79 Å². The van der Waals surface area contributed by atoms with Gasteiger partial charge in [-0.2, -0.15) is 0 Å². The van der Waals surface area contributed by atoms with Gasteiger partial charge in [-0.3, -0.25) is 4.79 Å². The lowest BCUT2D eigenvalue weighted by atomic mass is 9.92. The number of anilines is 2. The summed E-state index contributed by atoms with van der Waals surface area (Å²) in [5, 5.41) is 3.58. The van der Waals surface area contributed by atoms with Gasteiger partial charge < -0.3 is 10.2 Å². The lowest BCUT2D eigenvalue weighted by Crippen LogP contribution is -2.40. The van der Waals surface area contributed by atoms with Crippen molar-refractivity contribution in [2.45, 2.75) is 25.9 Å². The Kier molecular flexibility index (Phi) is 4.93. The van der Waals surface area contributed by atoms with E-state index in [0.717, 1.165) is 23.4 Å². The van der Waals surface area contributed by atoms with Crippen molar-refractivity contribution in [1.82, 2.24) is 0 Å². The number of fused-ring (bicyclic) bond motifs is 1. The first-order valence-corrected chi connectivity index (χ1v) is 9.47. The second-order valence-corrected chi connectivity index (χ2v) is 7.16. The fourth-order valence-electron chi connectivity index (χ4n) is 3.77. The van der Waals surface area contributed by atoms with E-state index in [-0.39, 0.29) is 17.9 Å². The maximum atomic E-state index is 13.6. The number of carbonyl (C=O) groups excluding carboxylic acids is 1. The topological polar surface area (TPSA) is 32.3 Å². The van der Waals surface area contributed by atoms with Crippen LogP contribution in [0.4, 0.5) is 11.4 Å². The minimum atomic E-state index is -0.122. The third kappa shape index (κ3) is 3.72. The molecule has 1 aliphatic heterocycles. The van der Waals surface area contributed by atoms with Gasteiger partial charge in [0.05, 0.1) is 23.8 Å². The van der Waals surface area contributed by atoms with Crippen LogP contribution in [-0.4, -0.2) is 11.9 Å². The van der Waals surface area contributed by atoms with Crippen molar-refractivity contribution in [3.05, 3.63) is 96.1 Å². The van der Waals surface area contributed by atoms with E-state index in [2.05, 4.69) is 42.6 Å². The van der Waals surface area contributed by atoms with E-state index in [4.69, 9.17) is 0 Å². The molecule has 1 heterocycles. The predicted molar refractivity (Wildman–Crippen MR) is 111 cm³/mol. The molecule has 3 heteroatoms. The Morgan fingerprint density at radius 2 is 1.41 bits per heavy atom. The quantitative estimate of drug-likeness (QED) is 0.722. The van der Waals surface area contributed by atoms with Crippen LogP contribution in [0.2, 0.25) is 0 Å². The van der Waals surface area contributed by atoms with Crippen molar-refractivity contribution in [3.63, 3.8) is 0 Å². The zero-order valence-corrected chi connectivity index (χ0v) is 15.5. The minimum Gasteiger partial charge on any atom is -0.380 e. The number of hydrogen-bond acceptors (Lipinski definition) is 2. The van der Waals surface area contributed by atoms with Crippen LogP contribution in [0.5, 0.6) is 0 Å². The first-order chi connectivity index (χ1) is 13.2. The lowest BCUT2D eigenvalue weighted by Gasteiger charge is -2.27. The van der Waals surface area contributed by atoms with Crippen LogP contribution in [0.25, 0.3) is 0 Å². The number of amides is 1. The Morgan fingerprint density at radius 3 is 2.11 bits per heavy atom. The van der Waals surface area contributed by atoms with Crippen LogP contribution in [-0.2, 0) is 17.8 Å². The van der Waals surface area contributed by atoms with Crippen LogP contribution < -0.4 is 10.2 Å². The zero-order valence-electron chi connectivity index (χ0n) is 15.5. The largest absolute Gasteiger partial charge is 0.380 e. The summed E-state index contributed by atoms with van der Waals surface area (Å²) in [5.74, 6) is 0.0520. The van der Waals surface area contributed by atoms with Crippen LogP contribution >= 0.6 is 0 Å². The van der Waals surface area contributed by atoms with E-state index in [0.29, 0.717) is 6.54 Å². The molecule has 1 aliphatic rings. The summed E-state index contributed by atoms with van der Waals surface area (Å²) in [6.45, 7) is 2.69. The van der Waals surface area contributed by atoms with Gasteiger partial charge in [0.15, 0.2) is 0 Å². The van der Waals surface area contributed by atoms with Crippen LogP contribution in [0.15, 0.2) is 84.9 Å². The summed E-state index contributed by atoms with van der Waals surface area (Å²) in [7, 11) is 0. The Bertz CT molecular complexity index is 908. The highest BCUT2D eigenvalue weighted by Crippen LogP contribution is 2.34. The highest BCUT2D eigenvalue weighted by molar-refractivity contribution is 6.00. The van der Waals surface area contributed by atoms with Crippen molar-refractivity contribution in [3.8, 4) is 0 Å². The fraction of sp³-hybridized carbons (Fsp3) is 0.208.